The van der Waals surface area contributed by atoms with Gasteiger partial charge in [0.25, 0.3) is 0 Å². The highest BCUT2D eigenvalue weighted by atomic mass is 15.1. The molecule has 0 spiro atoms. The lowest BCUT2D eigenvalue weighted by Gasteiger charge is -2.24. The monoisotopic (exact) mass is 244 g/mol. The van der Waals surface area contributed by atoms with Crippen molar-refractivity contribution >= 4 is 5.82 Å². The fourth-order valence-electron chi connectivity index (χ4n) is 1.88. The Morgan fingerprint density at radius 3 is 2.83 bits per heavy atom. The number of pyridine rings is 1. The largest absolute Gasteiger partial charge is 0.383 e. The molecule has 2 aromatic rings. The van der Waals surface area contributed by atoms with Crippen LogP contribution in [0.25, 0.3) is 11.3 Å². The molecule has 0 atom stereocenters. The molecule has 0 radical (unpaired) electrons. The summed E-state index contributed by atoms with van der Waals surface area (Å²) in [6.45, 7) is 7.63. The molecule has 0 amide bonds. The van der Waals surface area contributed by atoms with Gasteiger partial charge in [0.1, 0.15) is 5.82 Å². The highest BCUT2D eigenvalue weighted by Gasteiger charge is 2.18. The van der Waals surface area contributed by atoms with Gasteiger partial charge in [-0.2, -0.15) is 0 Å². The van der Waals surface area contributed by atoms with E-state index < -0.39 is 0 Å². The Bertz CT molecular complexity index is 528. The fraction of sp³-hybridized carbons (Fsp3) is 0.429. The summed E-state index contributed by atoms with van der Waals surface area (Å²) in [6.07, 6.45) is 6.53. The molecule has 0 saturated heterocycles. The lowest BCUT2D eigenvalue weighted by Crippen LogP contribution is -2.18. The van der Waals surface area contributed by atoms with Gasteiger partial charge in [-0.1, -0.05) is 20.8 Å². The SMILES string of the molecule is CCC(C)(C)Cn1cncc1-c1cccnc1N. The van der Waals surface area contributed by atoms with E-state index in [4.69, 9.17) is 5.73 Å². The lowest BCUT2D eigenvalue weighted by molar-refractivity contribution is 0.296. The molecule has 4 nitrogen and oxygen atoms in total. The summed E-state index contributed by atoms with van der Waals surface area (Å²) in [4.78, 5) is 8.37. The van der Waals surface area contributed by atoms with Gasteiger partial charge >= 0.3 is 0 Å². The number of nitrogens with two attached hydrogens (primary N) is 1. The highest BCUT2D eigenvalue weighted by Crippen LogP contribution is 2.28. The van der Waals surface area contributed by atoms with E-state index in [9.17, 15) is 0 Å². The zero-order valence-corrected chi connectivity index (χ0v) is 11.2. The van der Waals surface area contributed by atoms with Crippen LogP contribution in [0.3, 0.4) is 0 Å². The van der Waals surface area contributed by atoms with Crippen LogP contribution in [0.15, 0.2) is 30.9 Å². The Hall–Kier alpha value is -1.84. The summed E-state index contributed by atoms with van der Waals surface area (Å²) in [7, 11) is 0. The Balaban J connectivity index is 2.37. The molecule has 2 N–H and O–H groups in total. The molecule has 2 rings (SSSR count). The summed E-state index contributed by atoms with van der Waals surface area (Å²) in [6, 6.07) is 3.88. The van der Waals surface area contributed by atoms with Gasteiger partial charge in [0.2, 0.25) is 0 Å². The lowest BCUT2D eigenvalue weighted by atomic mass is 9.90. The minimum Gasteiger partial charge on any atom is -0.383 e. The molecule has 0 aliphatic heterocycles. The Kier molecular flexibility index (Phi) is 3.36. The minimum atomic E-state index is 0.242. The Morgan fingerprint density at radius 1 is 1.39 bits per heavy atom. The van der Waals surface area contributed by atoms with Gasteiger partial charge in [-0.15, -0.1) is 0 Å². The number of rotatable bonds is 4. The first-order chi connectivity index (χ1) is 8.53. The van der Waals surface area contributed by atoms with Crippen molar-refractivity contribution in [3.8, 4) is 11.3 Å². The van der Waals surface area contributed by atoms with Crippen LogP contribution in [0.5, 0.6) is 0 Å². The zero-order valence-electron chi connectivity index (χ0n) is 11.2. The molecule has 0 aliphatic carbocycles. The summed E-state index contributed by atoms with van der Waals surface area (Å²) < 4.78 is 2.15. The third-order valence-corrected chi connectivity index (χ3v) is 3.38. The van der Waals surface area contributed by atoms with Gasteiger partial charge < -0.3 is 10.3 Å². The van der Waals surface area contributed by atoms with Crippen molar-refractivity contribution in [1.82, 2.24) is 14.5 Å². The standard InChI is InChI=1S/C14H20N4/c1-4-14(2,3)9-18-10-16-8-12(18)11-6-5-7-17-13(11)15/h5-8,10H,4,9H2,1-3H3,(H2,15,17). The van der Waals surface area contributed by atoms with Crippen LogP contribution >= 0.6 is 0 Å². The molecule has 0 saturated carbocycles. The second-order valence-corrected chi connectivity index (χ2v) is 5.36. The number of aromatic nitrogens is 3. The van der Waals surface area contributed by atoms with Gasteiger partial charge in [-0.25, -0.2) is 9.97 Å². The first-order valence-electron chi connectivity index (χ1n) is 6.24. The van der Waals surface area contributed by atoms with Crippen LogP contribution in [-0.2, 0) is 6.54 Å². The van der Waals surface area contributed by atoms with Gasteiger partial charge in [-0.3, -0.25) is 0 Å². The second-order valence-electron chi connectivity index (χ2n) is 5.36. The molecule has 0 aromatic carbocycles. The number of hydrogen-bond acceptors (Lipinski definition) is 3. The van der Waals surface area contributed by atoms with E-state index in [-0.39, 0.29) is 5.41 Å². The number of hydrogen-bond donors (Lipinski definition) is 1. The van der Waals surface area contributed by atoms with Crippen molar-refractivity contribution in [2.45, 2.75) is 33.7 Å². The maximum atomic E-state index is 5.92. The Morgan fingerprint density at radius 2 is 2.17 bits per heavy atom. The van der Waals surface area contributed by atoms with Gasteiger partial charge in [0.15, 0.2) is 0 Å². The van der Waals surface area contributed by atoms with Crippen LogP contribution in [0.2, 0.25) is 0 Å². The van der Waals surface area contributed by atoms with Crippen molar-refractivity contribution in [1.29, 1.82) is 0 Å². The molecular weight excluding hydrogens is 224 g/mol. The van der Waals surface area contributed by atoms with Crippen LogP contribution in [0.4, 0.5) is 5.82 Å². The topological polar surface area (TPSA) is 56.7 Å². The van der Waals surface area contributed by atoms with Gasteiger partial charge in [0, 0.05) is 18.3 Å². The maximum Gasteiger partial charge on any atom is 0.132 e. The normalized spacial score (nSPS) is 11.7. The average Bonchev–Trinajstić information content (AvgIpc) is 2.77. The van der Waals surface area contributed by atoms with E-state index in [2.05, 4.69) is 35.3 Å². The van der Waals surface area contributed by atoms with Gasteiger partial charge in [0.05, 0.1) is 18.2 Å². The molecule has 2 aromatic heterocycles. The summed E-state index contributed by atoms with van der Waals surface area (Å²) in [5, 5.41) is 0. The summed E-state index contributed by atoms with van der Waals surface area (Å²) >= 11 is 0. The number of imidazole rings is 1. The van der Waals surface area contributed by atoms with Crippen molar-refractivity contribution in [3.05, 3.63) is 30.9 Å². The van der Waals surface area contributed by atoms with E-state index in [0.717, 1.165) is 24.2 Å². The third-order valence-electron chi connectivity index (χ3n) is 3.38. The van der Waals surface area contributed by atoms with E-state index >= 15 is 0 Å². The summed E-state index contributed by atoms with van der Waals surface area (Å²) in [5.74, 6) is 0.550. The van der Waals surface area contributed by atoms with Crippen LogP contribution in [0, 0.1) is 5.41 Å². The average molecular weight is 244 g/mol. The van der Waals surface area contributed by atoms with E-state index in [1.807, 2.05) is 24.7 Å². The quantitative estimate of drug-likeness (QED) is 0.899. The van der Waals surface area contributed by atoms with Gasteiger partial charge in [-0.05, 0) is 24.0 Å². The van der Waals surface area contributed by atoms with E-state index in [1.165, 1.54) is 0 Å². The molecule has 2 heterocycles. The molecule has 4 heteroatoms. The number of nitrogens with zero attached hydrogens (tertiary/aromatic N) is 3. The minimum absolute atomic E-state index is 0.242. The predicted molar refractivity (Wildman–Crippen MR) is 73.9 cm³/mol. The zero-order chi connectivity index (χ0) is 13.2. The van der Waals surface area contributed by atoms with Crippen LogP contribution < -0.4 is 5.73 Å². The van der Waals surface area contributed by atoms with Crippen molar-refractivity contribution in [2.75, 3.05) is 5.73 Å². The molecule has 0 bridgehead atoms. The van der Waals surface area contributed by atoms with Crippen LogP contribution in [-0.4, -0.2) is 14.5 Å². The fourth-order valence-corrected chi connectivity index (χ4v) is 1.88. The summed E-state index contributed by atoms with van der Waals surface area (Å²) in [5.41, 5.74) is 8.14. The smallest absolute Gasteiger partial charge is 0.132 e. The molecule has 0 fully saturated rings. The molecule has 0 aliphatic rings. The first-order valence-corrected chi connectivity index (χ1v) is 6.24. The first kappa shape index (κ1) is 12.6. The second kappa shape index (κ2) is 4.80. The third kappa shape index (κ3) is 2.53. The molecule has 96 valence electrons. The number of nitrogen functional groups attached to an aromatic ring is 1. The van der Waals surface area contributed by atoms with E-state index in [0.29, 0.717) is 5.82 Å². The maximum absolute atomic E-state index is 5.92. The van der Waals surface area contributed by atoms with Crippen molar-refractivity contribution < 1.29 is 0 Å². The molecule has 18 heavy (non-hydrogen) atoms. The van der Waals surface area contributed by atoms with Crippen molar-refractivity contribution in [3.63, 3.8) is 0 Å². The Labute approximate surface area is 108 Å². The molecular formula is C14H20N4. The molecule has 0 unspecified atom stereocenters. The van der Waals surface area contributed by atoms with Crippen LogP contribution in [0.1, 0.15) is 27.2 Å². The predicted octanol–water partition coefficient (Wildman–Crippen LogP) is 2.96. The van der Waals surface area contributed by atoms with Crippen molar-refractivity contribution in [2.24, 2.45) is 5.41 Å². The van der Waals surface area contributed by atoms with E-state index in [1.54, 1.807) is 6.20 Å². The number of anilines is 1. The highest BCUT2D eigenvalue weighted by molar-refractivity contribution is 5.70.